The van der Waals surface area contributed by atoms with Crippen molar-refractivity contribution in [3.63, 3.8) is 0 Å². The minimum Gasteiger partial charge on any atom is -0.385 e. The van der Waals surface area contributed by atoms with Crippen LogP contribution in [0.25, 0.3) is 0 Å². The second kappa shape index (κ2) is 4.82. The van der Waals surface area contributed by atoms with Gasteiger partial charge in [-0.1, -0.05) is 32.6 Å². The minimum absolute atomic E-state index is 0.229. The number of Topliss-reactive ketones (excluding diaryl/α,β-unsaturated/α-hetero) is 1. The van der Waals surface area contributed by atoms with E-state index in [0.29, 0.717) is 12.0 Å². The van der Waals surface area contributed by atoms with E-state index >= 15 is 0 Å². The maximum Gasteiger partial charge on any atom is 0.187 e. The molecule has 1 unspecified atom stereocenters. The van der Waals surface area contributed by atoms with Crippen molar-refractivity contribution in [3.8, 4) is 0 Å². The Morgan fingerprint density at radius 2 is 2.06 bits per heavy atom. The smallest absolute Gasteiger partial charge is 0.187 e. The van der Waals surface area contributed by atoms with Gasteiger partial charge in [-0.2, -0.15) is 0 Å². The Morgan fingerprint density at radius 1 is 1.50 bits per heavy atom. The molecule has 2 atom stereocenters. The van der Waals surface area contributed by atoms with Gasteiger partial charge in [-0.05, 0) is 42.9 Å². The molecule has 1 aliphatic rings. The largest absolute Gasteiger partial charge is 0.385 e. The van der Waals surface area contributed by atoms with Crippen LogP contribution in [0.3, 0.4) is 0 Å². The summed E-state index contributed by atoms with van der Waals surface area (Å²) in [6.45, 7) is 10.9. The number of aliphatic hydroxyl groups excluding tert-OH is 1. The average molecular weight is 250 g/mol. The van der Waals surface area contributed by atoms with Crippen LogP contribution in [0, 0.1) is 5.41 Å². The summed E-state index contributed by atoms with van der Waals surface area (Å²) in [7, 11) is 0. The fraction of sp³-hybridized carbons (Fsp3) is 0.533. The second-order valence-corrected chi connectivity index (χ2v) is 5.77. The summed E-state index contributed by atoms with van der Waals surface area (Å²) in [5, 5.41) is 19.6. The fourth-order valence-electron chi connectivity index (χ4n) is 2.25. The molecule has 1 aliphatic carbocycles. The molecule has 100 valence electrons. The van der Waals surface area contributed by atoms with Gasteiger partial charge in [0.2, 0.25) is 0 Å². The van der Waals surface area contributed by atoms with Gasteiger partial charge in [0, 0.05) is 0 Å². The van der Waals surface area contributed by atoms with Crippen LogP contribution in [-0.4, -0.2) is 27.7 Å². The number of hydrogen-bond acceptors (Lipinski definition) is 3. The molecule has 0 saturated heterocycles. The molecule has 0 spiro atoms. The van der Waals surface area contributed by atoms with Crippen molar-refractivity contribution in [2.45, 2.75) is 45.8 Å². The van der Waals surface area contributed by atoms with Crippen molar-refractivity contribution < 1.29 is 15.0 Å². The molecule has 3 heteroatoms. The van der Waals surface area contributed by atoms with Gasteiger partial charge < -0.3 is 10.2 Å². The second-order valence-electron chi connectivity index (χ2n) is 5.77. The van der Waals surface area contributed by atoms with Gasteiger partial charge in [0.1, 0.15) is 6.10 Å². The summed E-state index contributed by atoms with van der Waals surface area (Å²) >= 11 is 0. The van der Waals surface area contributed by atoms with E-state index in [1.807, 2.05) is 13.8 Å². The Balaban J connectivity index is 3.19. The third-order valence-electron chi connectivity index (χ3n) is 3.51. The van der Waals surface area contributed by atoms with Gasteiger partial charge in [-0.15, -0.1) is 0 Å². The first-order chi connectivity index (χ1) is 8.10. The molecule has 0 fully saturated rings. The number of ketones is 1. The van der Waals surface area contributed by atoms with Gasteiger partial charge in [-0.25, -0.2) is 0 Å². The highest BCUT2D eigenvalue weighted by Crippen LogP contribution is 2.39. The number of aliphatic hydroxyl groups is 2. The van der Waals surface area contributed by atoms with Gasteiger partial charge in [0.05, 0.1) is 5.60 Å². The first kappa shape index (κ1) is 14.9. The van der Waals surface area contributed by atoms with Crippen LogP contribution in [0.4, 0.5) is 0 Å². The predicted octanol–water partition coefficient (Wildman–Crippen LogP) is 2.16. The molecule has 0 radical (unpaired) electrons. The SMILES string of the molecule is C=CC(C)(O)/C=C/C1=C(C)C(=O)[C@@H](O)CC1(C)C. The molecule has 1 rings (SSSR count). The Bertz CT molecular complexity index is 425. The third-order valence-corrected chi connectivity index (χ3v) is 3.51. The zero-order chi connectivity index (χ0) is 14.1. The number of allylic oxidation sites excluding steroid dienone is 2. The maximum atomic E-state index is 11.8. The number of carbonyl (C=O) groups is 1. The van der Waals surface area contributed by atoms with Crippen LogP contribution in [0.5, 0.6) is 0 Å². The van der Waals surface area contributed by atoms with E-state index in [4.69, 9.17) is 0 Å². The van der Waals surface area contributed by atoms with Crippen LogP contribution < -0.4 is 0 Å². The van der Waals surface area contributed by atoms with Crippen molar-refractivity contribution in [2.75, 3.05) is 0 Å². The highest BCUT2D eigenvalue weighted by molar-refractivity contribution is 6.00. The number of carbonyl (C=O) groups excluding carboxylic acids is 1. The van der Waals surface area contributed by atoms with Crippen molar-refractivity contribution in [1.29, 1.82) is 0 Å². The maximum absolute atomic E-state index is 11.8. The van der Waals surface area contributed by atoms with Crippen LogP contribution in [-0.2, 0) is 4.79 Å². The van der Waals surface area contributed by atoms with Crippen LogP contribution in [0.1, 0.15) is 34.1 Å². The van der Waals surface area contributed by atoms with Crippen LogP contribution >= 0.6 is 0 Å². The molecule has 0 aromatic carbocycles. The zero-order valence-electron chi connectivity index (χ0n) is 11.5. The lowest BCUT2D eigenvalue weighted by atomic mass is 9.71. The normalized spacial score (nSPS) is 27.4. The van der Waals surface area contributed by atoms with E-state index in [9.17, 15) is 15.0 Å². The summed E-state index contributed by atoms with van der Waals surface area (Å²) in [6, 6.07) is 0. The van der Waals surface area contributed by atoms with E-state index in [1.165, 1.54) is 6.08 Å². The Kier molecular flexibility index (Phi) is 3.99. The third kappa shape index (κ3) is 2.98. The monoisotopic (exact) mass is 250 g/mol. The quantitative estimate of drug-likeness (QED) is 0.755. The van der Waals surface area contributed by atoms with Crippen molar-refractivity contribution >= 4 is 5.78 Å². The van der Waals surface area contributed by atoms with Crippen LogP contribution in [0.15, 0.2) is 36.0 Å². The van der Waals surface area contributed by atoms with Crippen LogP contribution in [0.2, 0.25) is 0 Å². The first-order valence-electron chi connectivity index (χ1n) is 6.09. The van der Waals surface area contributed by atoms with Gasteiger partial charge in [0.25, 0.3) is 0 Å². The topological polar surface area (TPSA) is 57.5 Å². The van der Waals surface area contributed by atoms with Crippen molar-refractivity contribution in [3.05, 3.63) is 36.0 Å². The van der Waals surface area contributed by atoms with Crippen molar-refractivity contribution in [2.24, 2.45) is 5.41 Å². The van der Waals surface area contributed by atoms with E-state index < -0.39 is 11.7 Å². The highest BCUT2D eigenvalue weighted by atomic mass is 16.3. The van der Waals surface area contributed by atoms with E-state index in [2.05, 4.69) is 6.58 Å². The zero-order valence-corrected chi connectivity index (χ0v) is 11.5. The Morgan fingerprint density at radius 3 is 2.56 bits per heavy atom. The molecule has 0 aromatic heterocycles. The summed E-state index contributed by atoms with van der Waals surface area (Å²) in [6.07, 6.45) is 4.30. The summed E-state index contributed by atoms with van der Waals surface area (Å²) in [5.74, 6) is -0.229. The standard InChI is InChI=1S/C15H22O3/c1-6-15(5,18)8-7-11-10(2)13(17)12(16)9-14(11,3)4/h6-8,12,16,18H,1,9H2,2-5H3/b8-7+/t12-,15?/m0/s1. The molecule has 0 heterocycles. The lowest BCUT2D eigenvalue weighted by Gasteiger charge is -2.35. The molecule has 3 nitrogen and oxygen atoms in total. The van der Waals surface area contributed by atoms with Gasteiger partial charge >= 0.3 is 0 Å². The molecular formula is C15H22O3. The summed E-state index contributed by atoms with van der Waals surface area (Å²) in [5.41, 5.74) is 0.0444. The predicted molar refractivity (Wildman–Crippen MR) is 72.1 cm³/mol. The molecule has 18 heavy (non-hydrogen) atoms. The number of rotatable bonds is 3. The summed E-state index contributed by atoms with van der Waals surface area (Å²) in [4.78, 5) is 11.8. The van der Waals surface area contributed by atoms with E-state index in [0.717, 1.165) is 5.57 Å². The molecule has 0 saturated carbocycles. The first-order valence-corrected chi connectivity index (χ1v) is 6.09. The van der Waals surface area contributed by atoms with E-state index in [1.54, 1.807) is 26.0 Å². The highest BCUT2D eigenvalue weighted by Gasteiger charge is 2.36. The average Bonchev–Trinajstić information content (AvgIpc) is 2.25. The summed E-state index contributed by atoms with van der Waals surface area (Å²) < 4.78 is 0. The molecule has 0 bridgehead atoms. The lowest BCUT2D eigenvalue weighted by molar-refractivity contribution is -0.125. The molecular weight excluding hydrogens is 228 g/mol. The lowest BCUT2D eigenvalue weighted by Crippen LogP contribution is -2.35. The minimum atomic E-state index is -1.09. The Hall–Kier alpha value is -1.19. The molecule has 2 N–H and O–H groups in total. The molecule has 0 aromatic rings. The van der Waals surface area contributed by atoms with Gasteiger partial charge in [0.15, 0.2) is 5.78 Å². The van der Waals surface area contributed by atoms with E-state index in [-0.39, 0.29) is 11.2 Å². The van der Waals surface area contributed by atoms with Gasteiger partial charge in [-0.3, -0.25) is 4.79 Å². The Labute approximate surface area is 109 Å². The van der Waals surface area contributed by atoms with Crippen molar-refractivity contribution in [1.82, 2.24) is 0 Å². The molecule has 0 aliphatic heterocycles. The number of hydrogen-bond donors (Lipinski definition) is 2. The fourth-order valence-corrected chi connectivity index (χ4v) is 2.25. The molecule has 0 amide bonds.